The van der Waals surface area contributed by atoms with Gasteiger partial charge in [0.25, 0.3) is 6.47 Å². The maximum atomic E-state index is 9.58. The molecule has 0 aromatic rings. The molecule has 46 valence electrons. The molecule has 0 unspecified atom stereocenters. The van der Waals surface area contributed by atoms with E-state index in [1.807, 2.05) is 6.92 Å². The van der Waals surface area contributed by atoms with Crippen molar-refractivity contribution in [3.8, 4) is 0 Å². The Morgan fingerprint density at radius 3 is 2.88 bits per heavy atom. The zero-order valence-corrected chi connectivity index (χ0v) is 5.53. The number of hydrogen-bond acceptors (Lipinski definition) is 3. The third-order valence-corrected chi connectivity index (χ3v) is 0.934. The first kappa shape index (κ1) is 7.56. The second kappa shape index (κ2) is 4.71. The van der Waals surface area contributed by atoms with Gasteiger partial charge in [0.15, 0.2) is 5.05 Å². The van der Waals surface area contributed by atoms with Crippen molar-refractivity contribution in [2.45, 2.75) is 19.8 Å². The third kappa shape index (κ3) is 3.74. The number of rotatable bonds is 3. The summed E-state index contributed by atoms with van der Waals surface area (Å²) in [6.45, 7) is 2.33. The van der Waals surface area contributed by atoms with E-state index in [1.165, 1.54) is 0 Å². The van der Waals surface area contributed by atoms with Crippen LogP contribution in [0.4, 0.5) is 0 Å². The Kier molecular flexibility index (Phi) is 4.45. The Morgan fingerprint density at radius 2 is 2.50 bits per heavy atom. The largest absolute Gasteiger partial charge is 0.421 e. The summed E-state index contributed by atoms with van der Waals surface area (Å²) in [5.41, 5.74) is 0. The normalized spacial score (nSPS) is 8.12. The van der Waals surface area contributed by atoms with Crippen molar-refractivity contribution < 1.29 is 9.53 Å². The summed E-state index contributed by atoms with van der Waals surface area (Å²) >= 11 is 4.60. The van der Waals surface area contributed by atoms with Crippen LogP contribution in [0.5, 0.6) is 0 Å². The second-order valence-electron chi connectivity index (χ2n) is 1.34. The van der Waals surface area contributed by atoms with Crippen LogP contribution in [0.25, 0.3) is 0 Å². The monoisotopic (exact) mass is 132 g/mol. The highest BCUT2D eigenvalue weighted by Gasteiger charge is 1.90. The minimum absolute atomic E-state index is 0.359. The van der Waals surface area contributed by atoms with Gasteiger partial charge in [0.1, 0.15) is 0 Å². The van der Waals surface area contributed by atoms with E-state index >= 15 is 0 Å². The fraction of sp³-hybridized carbons (Fsp3) is 0.600. The van der Waals surface area contributed by atoms with E-state index in [0.717, 1.165) is 6.42 Å². The topological polar surface area (TPSA) is 26.3 Å². The molecule has 0 aromatic carbocycles. The molecule has 2 nitrogen and oxygen atoms in total. The molecule has 0 spiro atoms. The molecule has 0 fully saturated rings. The molecule has 0 aliphatic rings. The molecular formula is C5H8O2S. The average Bonchev–Trinajstić information content (AvgIpc) is 1.68. The fourth-order valence-electron chi connectivity index (χ4n) is 0.317. The average molecular weight is 132 g/mol. The summed E-state index contributed by atoms with van der Waals surface area (Å²) in [5.74, 6) is 0. The predicted octanol–water partition coefficient (Wildman–Crippen LogP) is 1.29. The van der Waals surface area contributed by atoms with Gasteiger partial charge in [0.2, 0.25) is 0 Å². The molecule has 3 heteroatoms. The highest BCUT2D eigenvalue weighted by molar-refractivity contribution is 7.80. The van der Waals surface area contributed by atoms with E-state index in [0.29, 0.717) is 17.9 Å². The fourth-order valence-corrected chi connectivity index (χ4v) is 0.560. The van der Waals surface area contributed by atoms with Crippen LogP contribution in [0.15, 0.2) is 0 Å². The summed E-state index contributed by atoms with van der Waals surface area (Å²) in [4.78, 5) is 9.58. The van der Waals surface area contributed by atoms with Crippen molar-refractivity contribution in [2.75, 3.05) is 0 Å². The van der Waals surface area contributed by atoms with Crippen LogP contribution in [0.1, 0.15) is 19.8 Å². The maximum absolute atomic E-state index is 9.58. The maximum Gasteiger partial charge on any atom is 0.298 e. The van der Waals surface area contributed by atoms with Crippen molar-refractivity contribution in [2.24, 2.45) is 0 Å². The van der Waals surface area contributed by atoms with Crippen LogP contribution < -0.4 is 0 Å². The third-order valence-electron chi connectivity index (χ3n) is 0.634. The van der Waals surface area contributed by atoms with E-state index in [9.17, 15) is 4.79 Å². The predicted molar refractivity (Wildman–Crippen MR) is 34.7 cm³/mol. The van der Waals surface area contributed by atoms with Crippen LogP contribution in [0.3, 0.4) is 0 Å². The van der Waals surface area contributed by atoms with Crippen LogP contribution >= 0.6 is 12.2 Å². The van der Waals surface area contributed by atoms with Crippen LogP contribution in [-0.4, -0.2) is 11.5 Å². The molecule has 0 radical (unpaired) electrons. The standard InChI is InChI=1S/C5H8O2S/c1-2-3-5(8)7-4-6/h4H,2-3H2,1H3. The lowest BCUT2D eigenvalue weighted by molar-refractivity contribution is -0.121. The summed E-state index contributed by atoms with van der Waals surface area (Å²) in [6, 6.07) is 0. The second-order valence-corrected chi connectivity index (χ2v) is 1.79. The minimum Gasteiger partial charge on any atom is -0.421 e. The first-order chi connectivity index (χ1) is 3.81. The summed E-state index contributed by atoms with van der Waals surface area (Å²) < 4.78 is 4.33. The van der Waals surface area contributed by atoms with E-state index in [1.54, 1.807) is 0 Å². The molecule has 0 rings (SSSR count). The Hall–Kier alpha value is -0.440. The molecule has 0 amide bonds. The molecule has 0 aliphatic carbocycles. The zero-order valence-electron chi connectivity index (χ0n) is 4.72. The van der Waals surface area contributed by atoms with E-state index in [-0.39, 0.29) is 0 Å². The Labute approximate surface area is 53.8 Å². The van der Waals surface area contributed by atoms with Crippen molar-refractivity contribution >= 4 is 23.7 Å². The van der Waals surface area contributed by atoms with Gasteiger partial charge in [-0.1, -0.05) is 6.92 Å². The quantitative estimate of drug-likeness (QED) is 0.427. The van der Waals surface area contributed by atoms with E-state index < -0.39 is 0 Å². The Bertz CT molecular complexity index is 90.4. The molecule has 0 atom stereocenters. The van der Waals surface area contributed by atoms with E-state index in [4.69, 9.17) is 0 Å². The first-order valence-corrected chi connectivity index (χ1v) is 2.85. The minimum atomic E-state index is 0.359. The van der Waals surface area contributed by atoms with Crippen LogP contribution in [0, 0.1) is 0 Å². The van der Waals surface area contributed by atoms with Gasteiger partial charge in [0.05, 0.1) is 0 Å². The Balaban J connectivity index is 3.18. The molecule has 0 saturated heterocycles. The smallest absolute Gasteiger partial charge is 0.298 e. The van der Waals surface area contributed by atoms with Crippen molar-refractivity contribution in [1.29, 1.82) is 0 Å². The highest BCUT2D eigenvalue weighted by atomic mass is 32.1. The molecule has 8 heavy (non-hydrogen) atoms. The SMILES string of the molecule is CCCC(=S)OC=O. The van der Waals surface area contributed by atoms with Gasteiger partial charge in [-0.3, -0.25) is 4.79 Å². The van der Waals surface area contributed by atoms with Crippen molar-refractivity contribution in [3.63, 3.8) is 0 Å². The van der Waals surface area contributed by atoms with Gasteiger partial charge >= 0.3 is 0 Å². The molecule has 0 aliphatic heterocycles. The van der Waals surface area contributed by atoms with Crippen LogP contribution in [0.2, 0.25) is 0 Å². The number of hydrogen-bond donors (Lipinski definition) is 0. The molecular weight excluding hydrogens is 124 g/mol. The molecule has 0 N–H and O–H groups in total. The lowest BCUT2D eigenvalue weighted by Gasteiger charge is -1.93. The molecule has 0 heterocycles. The van der Waals surface area contributed by atoms with Crippen molar-refractivity contribution in [3.05, 3.63) is 0 Å². The number of carbonyl (C=O) groups is 1. The summed E-state index contributed by atoms with van der Waals surface area (Å²) in [7, 11) is 0. The molecule has 0 saturated carbocycles. The zero-order chi connectivity index (χ0) is 6.41. The van der Waals surface area contributed by atoms with Gasteiger partial charge in [0, 0.05) is 6.42 Å². The number of carbonyl (C=O) groups excluding carboxylic acids is 1. The summed E-state index contributed by atoms with van der Waals surface area (Å²) in [6.07, 6.45) is 1.61. The molecule has 0 bridgehead atoms. The van der Waals surface area contributed by atoms with Gasteiger partial charge in [-0.05, 0) is 18.6 Å². The Morgan fingerprint density at radius 1 is 1.88 bits per heavy atom. The summed E-state index contributed by atoms with van der Waals surface area (Å²) in [5, 5.41) is 0.377. The van der Waals surface area contributed by atoms with Gasteiger partial charge < -0.3 is 4.74 Å². The number of thiocarbonyl (C=S) groups is 1. The number of ether oxygens (including phenoxy) is 1. The van der Waals surface area contributed by atoms with Gasteiger partial charge in [-0.15, -0.1) is 0 Å². The van der Waals surface area contributed by atoms with Crippen LogP contribution in [-0.2, 0) is 9.53 Å². The lowest BCUT2D eigenvalue weighted by atomic mass is 10.4. The molecule has 0 aromatic heterocycles. The van der Waals surface area contributed by atoms with Gasteiger partial charge in [-0.2, -0.15) is 0 Å². The first-order valence-electron chi connectivity index (χ1n) is 2.44. The highest BCUT2D eigenvalue weighted by Crippen LogP contribution is 1.90. The van der Waals surface area contributed by atoms with Crippen molar-refractivity contribution in [1.82, 2.24) is 0 Å². The van der Waals surface area contributed by atoms with Gasteiger partial charge in [-0.25, -0.2) is 0 Å². The lowest BCUT2D eigenvalue weighted by Crippen LogP contribution is -1.97. The van der Waals surface area contributed by atoms with E-state index in [2.05, 4.69) is 17.0 Å².